The van der Waals surface area contributed by atoms with E-state index in [0.29, 0.717) is 5.57 Å². The van der Waals surface area contributed by atoms with Gasteiger partial charge in [-0.1, -0.05) is 6.08 Å². The van der Waals surface area contributed by atoms with Gasteiger partial charge in [0.1, 0.15) is 0 Å². The van der Waals surface area contributed by atoms with Crippen molar-refractivity contribution in [2.45, 2.75) is 6.92 Å². The van der Waals surface area contributed by atoms with E-state index in [0.717, 1.165) is 0 Å². The summed E-state index contributed by atoms with van der Waals surface area (Å²) in [6, 6.07) is 0. The molecule has 0 aromatic rings. The van der Waals surface area contributed by atoms with Gasteiger partial charge in [-0.3, -0.25) is 0 Å². The molecule has 0 amide bonds. The lowest BCUT2D eigenvalue weighted by Crippen LogP contribution is -2.00. The van der Waals surface area contributed by atoms with Crippen LogP contribution in [0.3, 0.4) is 0 Å². The highest BCUT2D eigenvalue weighted by atomic mass is 16.5. The first-order chi connectivity index (χ1) is 3.72. The van der Waals surface area contributed by atoms with E-state index >= 15 is 0 Å². The van der Waals surface area contributed by atoms with Crippen LogP contribution in [0.4, 0.5) is 0 Å². The fourth-order valence-electron chi connectivity index (χ4n) is 0.244. The van der Waals surface area contributed by atoms with E-state index in [1.165, 1.54) is 13.2 Å². The van der Waals surface area contributed by atoms with Gasteiger partial charge in [-0.05, 0) is 13.8 Å². The normalized spacial score (nSPS) is 11.1. The molecule has 0 rings (SSSR count). The molecule has 0 aliphatic carbocycles. The van der Waals surface area contributed by atoms with Gasteiger partial charge in [0.2, 0.25) is 0 Å². The summed E-state index contributed by atoms with van der Waals surface area (Å²) in [5.74, 6) is -0.319. The lowest BCUT2D eigenvalue weighted by molar-refractivity contribution is -0.136. The number of esters is 1. The van der Waals surface area contributed by atoms with E-state index in [4.69, 9.17) is 0 Å². The molecule has 2 heteroatoms. The first-order valence-electron chi connectivity index (χ1n) is 2.26. The molecule has 0 heterocycles. The second-order valence-corrected chi connectivity index (χ2v) is 1.38. The Balaban J connectivity index is 3.83. The lowest BCUT2D eigenvalue weighted by atomic mass is 10.3. The first-order valence-corrected chi connectivity index (χ1v) is 2.26. The van der Waals surface area contributed by atoms with Crippen molar-refractivity contribution in [1.82, 2.24) is 0 Å². The molecule has 0 spiro atoms. The molecule has 45 valence electrons. The molecular formula is C6H9O2. The minimum atomic E-state index is -0.319. The molecule has 0 aliphatic heterocycles. The Morgan fingerprint density at radius 3 is 2.38 bits per heavy atom. The predicted molar refractivity (Wildman–Crippen MR) is 31.1 cm³/mol. The van der Waals surface area contributed by atoms with Crippen LogP contribution in [0.2, 0.25) is 0 Å². The largest absolute Gasteiger partial charge is 0.466 e. The average molecular weight is 113 g/mol. The number of carbonyl (C=O) groups is 1. The third kappa shape index (κ3) is 1.78. The summed E-state index contributed by atoms with van der Waals surface area (Å²) >= 11 is 0. The number of rotatable bonds is 1. The van der Waals surface area contributed by atoms with Gasteiger partial charge in [-0.2, -0.15) is 0 Å². The first kappa shape index (κ1) is 7.21. The van der Waals surface area contributed by atoms with Crippen LogP contribution in [0.5, 0.6) is 0 Å². The van der Waals surface area contributed by atoms with Gasteiger partial charge in [-0.25, -0.2) is 4.79 Å². The molecule has 0 aromatic heterocycles. The van der Waals surface area contributed by atoms with Crippen molar-refractivity contribution >= 4 is 5.97 Å². The molecule has 0 aromatic carbocycles. The number of methoxy groups -OCH3 is 1. The Morgan fingerprint density at radius 2 is 2.25 bits per heavy atom. The topological polar surface area (TPSA) is 26.3 Å². The van der Waals surface area contributed by atoms with Crippen molar-refractivity contribution < 1.29 is 9.53 Å². The van der Waals surface area contributed by atoms with Crippen molar-refractivity contribution in [3.05, 3.63) is 18.6 Å². The number of ether oxygens (including phenoxy) is 1. The van der Waals surface area contributed by atoms with Crippen molar-refractivity contribution in [1.29, 1.82) is 0 Å². The summed E-state index contributed by atoms with van der Waals surface area (Å²) in [5, 5.41) is 0. The van der Waals surface area contributed by atoms with E-state index in [9.17, 15) is 4.79 Å². The average Bonchev–Trinajstić information content (AvgIpc) is 1.84. The van der Waals surface area contributed by atoms with Crippen molar-refractivity contribution in [2.24, 2.45) is 0 Å². The van der Waals surface area contributed by atoms with Crippen LogP contribution in [0, 0.1) is 6.92 Å². The second kappa shape index (κ2) is 3.24. The smallest absolute Gasteiger partial charge is 0.333 e. The van der Waals surface area contributed by atoms with Gasteiger partial charge < -0.3 is 4.74 Å². The predicted octanol–water partition coefficient (Wildman–Crippen LogP) is 0.940. The molecule has 1 radical (unpaired) electrons. The number of hydrogen-bond donors (Lipinski definition) is 0. The maximum Gasteiger partial charge on any atom is 0.333 e. The second-order valence-electron chi connectivity index (χ2n) is 1.38. The Kier molecular flexibility index (Phi) is 2.92. The van der Waals surface area contributed by atoms with Crippen molar-refractivity contribution in [3.63, 3.8) is 0 Å². The maximum atomic E-state index is 10.4. The summed E-state index contributed by atoms with van der Waals surface area (Å²) in [6.07, 6.45) is 1.46. The van der Waals surface area contributed by atoms with Gasteiger partial charge in [0.05, 0.1) is 7.11 Å². The summed E-state index contributed by atoms with van der Waals surface area (Å²) in [5.41, 5.74) is 0.535. The Labute approximate surface area is 49.1 Å². The molecule has 0 atom stereocenters. The molecular weight excluding hydrogens is 104 g/mol. The molecule has 8 heavy (non-hydrogen) atoms. The third-order valence-corrected chi connectivity index (χ3v) is 0.814. The van der Waals surface area contributed by atoms with Gasteiger partial charge in [0, 0.05) is 5.57 Å². The van der Waals surface area contributed by atoms with E-state index < -0.39 is 0 Å². The van der Waals surface area contributed by atoms with Crippen LogP contribution in [0.1, 0.15) is 6.92 Å². The molecule has 0 saturated carbocycles. The maximum absolute atomic E-state index is 10.4. The zero-order valence-electron chi connectivity index (χ0n) is 5.10. The van der Waals surface area contributed by atoms with E-state index in [2.05, 4.69) is 11.7 Å². The SMILES string of the molecule is [CH2]/C=C(\C)C(=O)OC. The van der Waals surface area contributed by atoms with Crippen LogP contribution in [-0.2, 0) is 9.53 Å². The lowest BCUT2D eigenvalue weighted by Gasteiger charge is -1.93. The number of allylic oxidation sites excluding steroid dienone is 1. The third-order valence-electron chi connectivity index (χ3n) is 0.814. The van der Waals surface area contributed by atoms with Gasteiger partial charge in [0.25, 0.3) is 0 Å². The molecule has 0 N–H and O–H groups in total. The monoisotopic (exact) mass is 113 g/mol. The highest BCUT2D eigenvalue weighted by Gasteiger charge is 1.98. The van der Waals surface area contributed by atoms with Crippen LogP contribution in [-0.4, -0.2) is 13.1 Å². The van der Waals surface area contributed by atoms with Crippen LogP contribution < -0.4 is 0 Å². The molecule has 0 aliphatic rings. The fourth-order valence-corrected chi connectivity index (χ4v) is 0.244. The standard InChI is InChI=1S/C6H9O2/c1-4-5(2)6(7)8-3/h4H,1H2,2-3H3/b5-4+. The fraction of sp³-hybridized carbons (Fsp3) is 0.333. The summed E-state index contributed by atoms with van der Waals surface area (Å²) < 4.78 is 4.36. The van der Waals surface area contributed by atoms with E-state index in [1.54, 1.807) is 6.92 Å². The zero-order valence-corrected chi connectivity index (χ0v) is 5.10. The molecule has 2 nitrogen and oxygen atoms in total. The van der Waals surface area contributed by atoms with Crippen LogP contribution in [0.15, 0.2) is 11.6 Å². The zero-order chi connectivity index (χ0) is 6.57. The quantitative estimate of drug-likeness (QED) is 0.373. The van der Waals surface area contributed by atoms with Gasteiger partial charge in [-0.15, -0.1) is 0 Å². The minimum Gasteiger partial charge on any atom is -0.466 e. The molecule has 0 fully saturated rings. The van der Waals surface area contributed by atoms with Crippen LogP contribution in [0.25, 0.3) is 0 Å². The van der Waals surface area contributed by atoms with Crippen molar-refractivity contribution in [2.75, 3.05) is 7.11 Å². The van der Waals surface area contributed by atoms with Crippen molar-refractivity contribution in [3.8, 4) is 0 Å². The van der Waals surface area contributed by atoms with Gasteiger partial charge in [0.15, 0.2) is 0 Å². The van der Waals surface area contributed by atoms with Crippen LogP contribution >= 0.6 is 0 Å². The van der Waals surface area contributed by atoms with E-state index in [1.807, 2.05) is 0 Å². The Bertz CT molecular complexity index is 114. The minimum absolute atomic E-state index is 0.319. The number of carbonyl (C=O) groups excluding carboxylic acids is 1. The highest BCUT2D eigenvalue weighted by molar-refractivity contribution is 5.87. The highest BCUT2D eigenvalue weighted by Crippen LogP contribution is 1.92. The van der Waals surface area contributed by atoms with E-state index in [-0.39, 0.29) is 5.97 Å². The molecule has 0 unspecified atom stereocenters. The summed E-state index contributed by atoms with van der Waals surface area (Å²) in [6.45, 7) is 5.04. The summed E-state index contributed by atoms with van der Waals surface area (Å²) in [7, 11) is 1.34. The Hall–Kier alpha value is -0.790. The molecule has 0 saturated heterocycles. The Morgan fingerprint density at radius 1 is 1.75 bits per heavy atom. The summed E-state index contributed by atoms with van der Waals surface area (Å²) in [4.78, 5) is 10.4. The van der Waals surface area contributed by atoms with Gasteiger partial charge >= 0.3 is 5.97 Å². The molecule has 0 bridgehead atoms. The number of hydrogen-bond acceptors (Lipinski definition) is 2.